The van der Waals surface area contributed by atoms with Gasteiger partial charge in [-0.3, -0.25) is 4.90 Å². The van der Waals surface area contributed by atoms with E-state index in [9.17, 15) is 0 Å². The maximum absolute atomic E-state index is 5.64. The minimum Gasteiger partial charge on any atom is -0.380 e. The molecule has 1 N–H and O–H groups in total. The largest absolute Gasteiger partial charge is 0.380 e. The average molecular weight is 240 g/mol. The Labute approximate surface area is 106 Å². The van der Waals surface area contributed by atoms with Crippen LogP contribution in [0.2, 0.25) is 0 Å². The zero-order valence-electron chi connectivity index (χ0n) is 11.5. The van der Waals surface area contributed by atoms with Gasteiger partial charge in [0.2, 0.25) is 0 Å². The first-order valence-corrected chi connectivity index (χ1v) is 7.26. The van der Waals surface area contributed by atoms with Crippen LogP contribution in [0, 0.1) is 5.92 Å². The summed E-state index contributed by atoms with van der Waals surface area (Å²) >= 11 is 0. The van der Waals surface area contributed by atoms with Gasteiger partial charge in [-0.1, -0.05) is 19.3 Å². The van der Waals surface area contributed by atoms with Gasteiger partial charge in [0.1, 0.15) is 0 Å². The predicted molar refractivity (Wildman–Crippen MR) is 71.3 cm³/mol. The van der Waals surface area contributed by atoms with Crippen molar-refractivity contribution in [3.8, 4) is 0 Å². The van der Waals surface area contributed by atoms with Crippen LogP contribution in [0.25, 0.3) is 0 Å². The highest BCUT2D eigenvalue weighted by Crippen LogP contribution is 2.25. The number of rotatable bonds is 4. The molecule has 3 nitrogen and oxygen atoms in total. The maximum Gasteiger partial charge on any atom is 0.0636 e. The number of ether oxygens (including phenoxy) is 1. The first-order valence-electron chi connectivity index (χ1n) is 7.26. The molecule has 2 rings (SSSR count). The van der Waals surface area contributed by atoms with Gasteiger partial charge in [-0.15, -0.1) is 0 Å². The normalized spacial score (nSPS) is 31.9. The van der Waals surface area contributed by atoms with Crippen molar-refractivity contribution in [2.24, 2.45) is 5.92 Å². The Kier molecular flexibility index (Phi) is 5.26. The van der Waals surface area contributed by atoms with E-state index < -0.39 is 0 Å². The van der Waals surface area contributed by atoms with Gasteiger partial charge in [0, 0.05) is 25.2 Å². The van der Waals surface area contributed by atoms with Crippen molar-refractivity contribution in [2.45, 2.75) is 50.6 Å². The summed E-state index contributed by atoms with van der Waals surface area (Å²) in [5.74, 6) is 0.924. The molecule has 3 heteroatoms. The molecule has 0 amide bonds. The van der Waals surface area contributed by atoms with Crippen LogP contribution in [0.1, 0.15) is 38.5 Å². The van der Waals surface area contributed by atoms with Gasteiger partial charge in [-0.05, 0) is 39.3 Å². The van der Waals surface area contributed by atoms with E-state index in [1.807, 2.05) is 0 Å². The van der Waals surface area contributed by atoms with E-state index in [2.05, 4.69) is 24.3 Å². The van der Waals surface area contributed by atoms with E-state index in [1.54, 1.807) is 0 Å². The zero-order valence-corrected chi connectivity index (χ0v) is 11.5. The van der Waals surface area contributed by atoms with Gasteiger partial charge < -0.3 is 10.1 Å². The molecule has 1 saturated carbocycles. The Bertz CT molecular complexity index is 216. The van der Waals surface area contributed by atoms with E-state index in [0.29, 0.717) is 12.1 Å². The Hall–Kier alpha value is -0.120. The van der Waals surface area contributed by atoms with E-state index in [-0.39, 0.29) is 0 Å². The number of hydrogen-bond donors (Lipinski definition) is 1. The van der Waals surface area contributed by atoms with Crippen LogP contribution in [0.3, 0.4) is 0 Å². The fourth-order valence-corrected chi connectivity index (χ4v) is 3.41. The molecule has 1 aliphatic carbocycles. The third-order valence-corrected chi connectivity index (χ3v) is 4.53. The average Bonchev–Trinajstić information content (AvgIpc) is 2.40. The molecular formula is C14H28N2O. The summed E-state index contributed by atoms with van der Waals surface area (Å²) in [6.45, 7) is 3.07. The van der Waals surface area contributed by atoms with E-state index in [0.717, 1.165) is 25.6 Å². The molecule has 2 unspecified atom stereocenters. The van der Waals surface area contributed by atoms with Crippen molar-refractivity contribution in [1.29, 1.82) is 0 Å². The first-order chi connectivity index (χ1) is 8.31. The molecule has 100 valence electrons. The van der Waals surface area contributed by atoms with Crippen molar-refractivity contribution in [3.05, 3.63) is 0 Å². The van der Waals surface area contributed by atoms with Crippen LogP contribution >= 0.6 is 0 Å². The van der Waals surface area contributed by atoms with Gasteiger partial charge in [0.25, 0.3) is 0 Å². The molecule has 17 heavy (non-hydrogen) atoms. The number of hydrogen-bond acceptors (Lipinski definition) is 3. The fourth-order valence-electron chi connectivity index (χ4n) is 3.41. The van der Waals surface area contributed by atoms with Gasteiger partial charge in [0.05, 0.1) is 6.61 Å². The predicted octanol–water partition coefficient (Wildman–Crippen LogP) is 1.88. The second kappa shape index (κ2) is 6.72. The van der Waals surface area contributed by atoms with Crippen LogP contribution < -0.4 is 5.32 Å². The molecule has 1 heterocycles. The highest BCUT2D eigenvalue weighted by Gasteiger charge is 2.29. The summed E-state index contributed by atoms with van der Waals surface area (Å²) in [5.41, 5.74) is 0. The second-order valence-corrected chi connectivity index (χ2v) is 5.77. The van der Waals surface area contributed by atoms with Crippen LogP contribution in [0.4, 0.5) is 0 Å². The first kappa shape index (κ1) is 13.3. The SMILES string of the molecule is CNC1CCOCC1N(C)CC1CCCCC1. The third kappa shape index (κ3) is 3.67. The molecule has 1 aliphatic heterocycles. The monoisotopic (exact) mass is 240 g/mol. The quantitative estimate of drug-likeness (QED) is 0.812. The minimum atomic E-state index is 0.565. The third-order valence-electron chi connectivity index (χ3n) is 4.53. The Morgan fingerprint density at radius 2 is 1.94 bits per heavy atom. The molecule has 0 radical (unpaired) electrons. The molecule has 0 bridgehead atoms. The number of nitrogens with one attached hydrogen (secondary N) is 1. The van der Waals surface area contributed by atoms with Crippen molar-refractivity contribution in [3.63, 3.8) is 0 Å². The number of nitrogens with zero attached hydrogens (tertiary/aromatic N) is 1. The molecule has 0 aromatic rings. The molecular weight excluding hydrogens is 212 g/mol. The van der Waals surface area contributed by atoms with Crippen molar-refractivity contribution >= 4 is 0 Å². The highest BCUT2D eigenvalue weighted by atomic mass is 16.5. The van der Waals surface area contributed by atoms with Crippen LogP contribution in [-0.4, -0.2) is 50.8 Å². The Balaban J connectivity index is 1.82. The molecule has 2 aliphatic rings. The van der Waals surface area contributed by atoms with E-state index >= 15 is 0 Å². The van der Waals surface area contributed by atoms with E-state index in [4.69, 9.17) is 4.74 Å². The lowest BCUT2D eigenvalue weighted by Crippen LogP contribution is -2.54. The molecule has 0 aromatic heterocycles. The standard InChI is InChI=1S/C14H28N2O/c1-15-13-8-9-17-11-14(13)16(2)10-12-6-4-3-5-7-12/h12-15H,3-11H2,1-2H3. The lowest BCUT2D eigenvalue weighted by atomic mass is 9.88. The smallest absolute Gasteiger partial charge is 0.0636 e. The van der Waals surface area contributed by atoms with Crippen LogP contribution in [0.15, 0.2) is 0 Å². The van der Waals surface area contributed by atoms with E-state index in [1.165, 1.54) is 38.6 Å². The molecule has 2 fully saturated rings. The lowest BCUT2D eigenvalue weighted by molar-refractivity contribution is 0.00151. The van der Waals surface area contributed by atoms with Crippen molar-refractivity contribution < 1.29 is 4.74 Å². The second-order valence-electron chi connectivity index (χ2n) is 5.77. The minimum absolute atomic E-state index is 0.565. The lowest BCUT2D eigenvalue weighted by Gasteiger charge is -2.39. The van der Waals surface area contributed by atoms with Gasteiger partial charge >= 0.3 is 0 Å². The molecule has 0 aromatic carbocycles. The summed E-state index contributed by atoms with van der Waals surface area (Å²) in [7, 11) is 4.36. The summed E-state index contributed by atoms with van der Waals surface area (Å²) < 4.78 is 5.64. The van der Waals surface area contributed by atoms with Gasteiger partial charge in [-0.2, -0.15) is 0 Å². The fraction of sp³-hybridized carbons (Fsp3) is 1.00. The number of likely N-dealkylation sites (N-methyl/N-ethyl adjacent to an activating group) is 2. The van der Waals surface area contributed by atoms with Crippen molar-refractivity contribution in [1.82, 2.24) is 10.2 Å². The summed E-state index contributed by atoms with van der Waals surface area (Å²) in [4.78, 5) is 2.54. The van der Waals surface area contributed by atoms with Gasteiger partial charge in [-0.25, -0.2) is 0 Å². The summed E-state index contributed by atoms with van der Waals surface area (Å²) in [5, 5.41) is 3.45. The Morgan fingerprint density at radius 3 is 2.65 bits per heavy atom. The molecule has 1 saturated heterocycles. The van der Waals surface area contributed by atoms with Crippen LogP contribution in [-0.2, 0) is 4.74 Å². The van der Waals surface area contributed by atoms with Crippen molar-refractivity contribution in [2.75, 3.05) is 33.9 Å². The van der Waals surface area contributed by atoms with Gasteiger partial charge in [0.15, 0.2) is 0 Å². The maximum atomic E-state index is 5.64. The Morgan fingerprint density at radius 1 is 1.18 bits per heavy atom. The molecule has 0 spiro atoms. The molecule has 2 atom stereocenters. The topological polar surface area (TPSA) is 24.5 Å². The summed E-state index contributed by atoms with van der Waals surface area (Å²) in [6, 6.07) is 1.17. The van der Waals surface area contributed by atoms with Crippen LogP contribution in [0.5, 0.6) is 0 Å². The highest BCUT2D eigenvalue weighted by molar-refractivity contribution is 4.86. The summed E-state index contributed by atoms with van der Waals surface area (Å²) in [6.07, 6.45) is 8.34. The zero-order chi connectivity index (χ0) is 12.1.